The van der Waals surface area contributed by atoms with Gasteiger partial charge in [0.05, 0.1) is 6.54 Å². The number of nitrogens with zero attached hydrogens (tertiary/aromatic N) is 2. The van der Waals surface area contributed by atoms with Crippen LogP contribution in [0.15, 0.2) is 52.2 Å². The van der Waals surface area contributed by atoms with E-state index < -0.39 is 11.2 Å². The zero-order valence-corrected chi connectivity index (χ0v) is 14.5. The molecule has 1 aliphatic rings. The summed E-state index contributed by atoms with van der Waals surface area (Å²) in [5, 5.41) is 5.99. The number of hydrogen-bond donors (Lipinski definition) is 2. The average Bonchev–Trinajstić information content (AvgIpc) is 3.08. The Morgan fingerprint density at radius 2 is 1.96 bits per heavy atom. The van der Waals surface area contributed by atoms with Gasteiger partial charge in [-0.3, -0.25) is 18.7 Å². The van der Waals surface area contributed by atoms with Gasteiger partial charge < -0.3 is 10.6 Å². The normalized spacial score (nSPS) is 16.2. The summed E-state index contributed by atoms with van der Waals surface area (Å²) in [6.07, 6.45) is 2.32. The highest BCUT2D eigenvalue weighted by Crippen LogP contribution is 2.00. The lowest BCUT2D eigenvalue weighted by atomic mass is 10.2. The van der Waals surface area contributed by atoms with E-state index in [1.807, 2.05) is 30.3 Å². The van der Waals surface area contributed by atoms with Crippen LogP contribution in [-0.4, -0.2) is 34.2 Å². The molecular formula is C17H21ClN4O3. The third kappa shape index (κ3) is 4.80. The predicted octanol–water partition coefficient (Wildman–Crippen LogP) is -0.0418. The van der Waals surface area contributed by atoms with Gasteiger partial charge in [-0.25, -0.2) is 4.79 Å². The van der Waals surface area contributed by atoms with Gasteiger partial charge in [-0.15, -0.1) is 12.4 Å². The fraction of sp³-hybridized carbons (Fsp3) is 0.353. The summed E-state index contributed by atoms with van der Waals surface area (Å²) in [5.74, 6) is -0.319. The quantitative estimate of drug-likeness (QED) is 0.779. The lowest BCUT2D eigenvalue weighted by Crippen LogP contribution is -2.45. The van der Waals surface area contributed by atoms with E-state index in [0.29, 0.717) is 13.1 Å². The van der Waals surface area contributed by atoms with Gasteiger partial charge in [-0.05, 0) is 18.5 Å². The summed E-state index contributed by atoms with van der Waals surface area (Å²) in [5.41, 5.74) is 0.00124. The van der Waals surface area contributed by atoms with E-state index >= 15 is 0 Å². The molecule has 1 saturated heterocycles. The van der Waals surface area contributed by atoms with E-state index in [-0.39, 0.29) is 30.9 Å². The summed E-state index contributed by atoms with van der Waals surface area (Å²) < 4.78 is 2.40. The molecule has 1 amide bonds. The van der Waals surface area contributed by atoms with E-state index in [1.165, 1.54) is 16.8 Å². The lowest BCUT2D eigenvalue weighted by molar-refractivity contribution is -0.122. The smallest absolute Gasteiger partial charge is 0.331 e. The van der Waals surface area contributed by atoms with Crippen molar-refractivity contribution in [2.75, 3.05) is 13.1 Å². The summed E-state index contributed by atoms with van der Waals surface area (Å²) in [6.45, 7) is 1.67. The van der Waals surface area contributed by atoms with Gasteiger partial charge >= 0.3 is 5.69 Å². The molecule has 1 aromatic heterocycles. The van der Waals surface area contributed by atoms with Gasteiger partial charge in [0.25, 0.3) is 5.56 Å². The fourth-order valence-corrected chi connectivity index (χ4v) is 2.80. The molecule has 3 rings (SSSR count). The van der Waals surface area contributed by atoms with Gasteiger partial charge in [-0.2, -0.15) is 0 Å². The molecule has 1 atom stereocenters. The molecule has 2 heterocycles. The molecule has 0 spiro atoms. The second-order valence-corrected chi connectivity index (χ2v) is 5.89. The summed E-state index contributed by atoms with van der Waals surface area (Å²) in [7, 11) is 0. The molecule has 0 saturated carbocycles. The van der Waals surface area contributed by atoms with Crippen LogP contribution in [0.2, 0.25) is 0 Å². The van der Waals surface area contributed by atoms with Gasteiger partial charge in [-0.1, -0.05) is 30.3 Å². The monoisotopic (exact) mass is 364 g/mol. The predicted molar refractivity (Wildman–Crippen MR) is 97.2 cm³/mol. The molecule has 1 aliphatic heterocycles. The Hall–Kier alpha value is -2.38. The van der Waals surface area contributed by atoms with Crippen molar-refractivity contribution in [3.63, 3.8) is 0 Å². The minimum atomic E-state index is -0.481. The molecular weight excluding hydrogens is 344 g/mol. The average molecular weight is 365 g/mol. The molecule has 134 valence electrons. The number of rotatable bonds is 5. The van der Waals surface area contributed by atoms with Crippen LogP contribution in [-0.2, 0) is 17.9 Å². The Bertz CT molecular complexity index is 826. The van der Waals surface area contributed by atoms with Crippen molar-refractivity contribution in [1.29, 1.82) is 0 Å². The van der Waals surface area contributed by atoms with Crippen molar-refractivity contribution < 1.29 is 4.79 Å². The topological polar surface area (TPSA) is 85.1 Å². The minimum Gasteiger partial charge on any atom is -0.350 e. The fourth-order valence-electron chi connectivity index (χ4n) is 2.80. The van der Waals surface area contributed by atoms with Crippen LogP contribution >= 0.6 is 12.4 Å². The van der Waals surface area contributed by atoms with Gasteiger partial charge in [0.2, 0.25) is 5.91 Å². The Labute approximate surface area is 151 Å². The number of carbonyl (C=O) groups is 1. The SMILES string of the molecule is Cl.O=C(Cn1c(=O)ccn(Cc2ccccc2)c1=O)NC1CCNC1. The zero-order valence-electron chi connectivity index (χ0n) is 13.7. The van der Waals surface area contributed by atoms with Crippen LogP contribution in [0.5, 0.6) is 0 Å². The van der Waals surface area contributed by atoms with Crippen LogP contribution in [0.4, 0.5) is 0 Å². The van der Waals surface area contributed by atoms with Crippen molar-refractivity contribution >= 4 is 18.3 Å². The second-order valence-electron chi connectivity index (χ2n) is 5.89. The third-order valence-corrected chi connectivity index (χ3v) is 4.06. The highest BCUT2D eigenvalue weighted by Gasteiger charge is 2.18. The number of amides is 1. The number of benzene rings is 1. The molecule has 2 N–H and O–H groups in total. The van der Waals surface area contributed by atoms with Crippen molar-refractivity contribution in [2.24, 2.45) is 0 Å². The first-order valence-corrected chi connectivity index (χ1v) is 7.98. The number of halogens is 1. The maximum Gasteiger partial charge on any atom is 0.331 e. The molecule has 0 bridgehead atoms. The van der Waals surface area contributed by atoms with Crippen molar-refractivity contribution in [1.82, 2.24) is 19.8 Å². The molecule has 2 aromatic rings. The van der Waals surface area contributed by atoms with Gasteiger partial charge in [0, 0.05) is 24.8 Å². The molecule has 8 heteroatoms. The van der Waals surface area contributed by atoms with Gasteiger partial charge in [0.15, 0.2) is 0 Å². The van der Waals surface area contributed by atoms with Crippen LogP contribution in [0, 0.1) is 0 Å². The minimum absolute atomic E-state index is 0. The van der Waals surface area contributed by atoms with E-state index in [1.54, 1.807) is 0 Å². The maximum atomic E-state index is 12.5. The first kappa shape index (κ1) is 19.0. The van der Waals surface area contributed by atoms with Crippen molar-refractivity contribution in [2.45, 2.75) is 25.6 Å². The Kier molecular flexibility index (Phi) is 6.55. The molecule has 25 heavy (non-hydrogen) atoms. The molecule has 1 unspecified atom stereocenters. The number of nitrogens with one attached hydrogen (secondary N) is 2. The first-order valence-electron chi connectivity index (χ1n) is 7.98. The second kappa shape index (κ2) is 8.64. The number of carbonyl (C=O) groups excluding carboxylic acids is 1. The van der Waals surface area contributed by atoms with Crippen LogP contribution in [0.1, 0.15) is 12.0 Å². The molecule has 0 aliphatic carbocycles. The Morgan fingerprint density at radius 1 is 1.20 bits per heavy atom. The standard InChI is InChI=1S/C17H20N4O3.ClH/c22-15(19-14-6-8-18-10-14)12-21-16(23)7-9-20(17(21)24)11-13-4-2-1-3-5-13;/h1-5,7,9,14,18H,6,8,10-12H2,(H,19,22);1H. The van der Waals surface area contributed by atoms with E-state index in [0.717, 1.165) is 23.1 Å². The summed E-state index contributed by atoms with van der Waals surface area (Å²) in [4.78, 5) is 36.6. The van der Waals surface area contributed by atoms with Crippen molar-refractivity contribution in [3.05, 3.63) is 69.0 Å². The largest absolute Gasteiger partial charge is 0.350 e. The van der Waals surface area contributed by atoms with Crippen LogP contribution in [0.25, 0.3) is 0 Å². The summed E-state index contributed by atoms with van der Waals surface area (Å²) >= 11 is 0. The maximum absolute atomic E-state index is 12.5. The van der Waals surface area contributed by atoms with E-state index in [4.69, 9.17) is 0 Å². The number of aromatic nitrogens is 2. The van der Waals surface area contributed by atoms with Crippen LogP contribution < -0.4 is 21.9 Å². The van der Waals surface area contributed by atoms with E-state index in [9.17, 15) is 14.4 Å². The van der Waals surface area contributed by atoms with Crippen LogP contribution in [0.3, 0.4) is 0 Å². The highest BCUT2D eigenvalue weighted by atomic mass is 35.5. The summed E-state index contributed by atoms with van der Waals surface area (Å²) in [6, 6.07) is 10.9. The highest BCUT2D eigenvalue weighted by molar-refractivity contribution is 5.85. The Morgan fingerprint density at radius 3 is 2.64 bits per heavy atom. The lowest BCUT2D eigenvalue weighted by Gasteiger charge is -2.13. The molecule has 7 nitrogen and oxygen atoms in total. The van der Waals surface area contributed by atoms with Crippen molar-refractivity contribution in [3.8, 4) is 0 Å². The first-order chi connectivity index (χ1) is 11.6. The molecule has 1 fully saturated rings. The van der Waals surface area contributed by atoms with Gasteiger partial charge in [0.1, 0.15) is 6.54 Å². The third-order valence-electron chi connectivity index (χ3n) is 4.06. The zero-order chi connectivity index (χ0) is 16.9. The Balaban J connectivity index is 0.00000225. The van der Waals surface area contributed by atoms with E-state index in [2.05, 4.69) is 10.6 Å². The molecule has 0 radical (unpaired) electrons. The number of hydrogen-bond acceptors (Lipinski definition) is 4. The molecule has 1 aromatic carbocycles.